The van der Waals surface area contributed by atoms with Gasteiger partial charge in [-0.15, -0.1) is 12.4 Å². The molecule has 3 rings (SSSR count). The molecule has 2 saturated carbocycles. The van der Waals surface area contributed by atoms with Crippen LogP contribution in [0.15, 0.2) is 4.99 Å². The summed E-state index contributed by atoms with van der Waals surface area (Å²) in [6.45, 7) is 2.14. The molecule has 3 nitrogen and oxygen atoms in total. The first-order chi connectivity index (χ1) is 9.39. The zero-order chi connectivity index (χ0) is 13.0. The summed E-state index contributed by atoms with van der Waals surface area (Å²) >= 11 is 0. The van der Waals surface area contributed by atoms with Gasteiger partial charge >= 0.3 is 0 Å². The number of rotatable bonds is 1. The van der Waals surface area contributed by atoms with E-state index in [1.807, 2.05) is 0 Å². The Morgan fingerprint density at radius 1 is 0.950 bits per heavy atom. The van der Waals surface area contributed by atoms with E-state index in [4.69, 9.17) is 4.99 Å². The van der Waals surface area contributed by atoms with E-state index in [9.17, 15) is 0 Å². The minimum Gasteiger partial charge on any atom is -0.370 e. The van der Waals surface area contributed by atoms with E-state index >= 15 is 0 Å². The largest absolute Gasteiger partial charge is 0.370 e. The molecule has 0 unspecified atom stereocenters. The second-order valence-electron chi connectivity index (χ2n) is 6.63. The van der Waals surface area contributed by atoms with Crippen molar-refractivity contribution < 1.29 is 0 Å². The molecule has 1 aliphatic heterocycles. The summed E-state index contributed by atoms with van der Waals surface area (Å²) in [6.07, 6.45) is 14.8. The number of nitrogens with one attached hydrogen (secondary N) is 2. The van der Waals surface area contributed by atoms with Crippen LogP contribution in [0.4, 0.5) is 0 Å². The van der Waals surface area contributed by atoms with Crippen LogP contribution in [0.1, 0.15) is 70.6 Å². The van der Waals surface area contributed by atoms with Gasteiger partial charge in [-0.2, -0.15) is 0 Å². The maximum atomic E-state index is 4.94. The molecule has 2 aliphatic carbocycles. The van der Waals surface area contributed by atoms with Crippen molar-refractivity contribution in [2.24, 2.45) is 4.99 Å². The van der Waals surface area contributed by atoms with E-state index in [0.717, 1.165) is 13.1 Å². The highest BCUT2D eigenvalue weighted by molar-refractivity contribution is 5.92. The van der Waals surface area contributed by atoms with Crippen molar-refractivity contribution in [1.82, 2.24) is 10.6 Å². The van der Waals surface area contributed by atoms with Crippen molar-refractivity contribution in [3.63, 3.8) is 0 Å². The summed E-state index contributed by atoms with van der Waals surface area (Å²) in [7, 11) is 0. The van der Waals surface area contributed by atoms with Crippen LogP contribution in [0.5, 0.6) is 0 Å². The molecule has 116 valence electrons. The lowest BCUT2D eigenvalue weighted by Gasteiger charge is -2.40. The van der Waals surface area contributed by atoms with Crippen LogP contribution in [0.2, 0.25) is 0 Å². The van der Waals surface area contributed by atoms with Gasteiger partial charge in [0.2, 0.25) is 0 Å². The molecule has 2 N–H and O–H groups in total. The number of hydrogen-bond donors (Lipinski definition) is 2. The molecular weight excluding hydrogens is 270 g/mol. The third-order valence-corrected chi connectivity index (χ3v) is 5.17. The van der Waals surface area contributed by atoms with Gasteiger partial charge in [-0.1, -0.05) is 38.5 Å². The second kappa shape index (κ2) is 7.65. The van der Waals surface area contributed by atoms with E-state index in [1.54, 1.807) is 0 Å². The predicted molar refractivity (Wildman–Crippen MR) is 88.0 cm³/mol. The average Bonchev–Trinajstić information content (AvgIpc) is 2.65. The summed E-state index contributed by atoms with van der Waals surface area (Å²) in [4.78, 5) is 4.94. The van der Waals surface area contributed by atoms with Gasteiger partial charge in [0.15, 0.2) is 0 Å². The van der Waals surface area contributed by atoms with Gasteiger partial charge in [-0.25, -0.2) is 0 Å². The van der Waals surface area contributed by atoms with Crippen LogP contribution in [-0.4, -0.2) is 30.5 Å². The van der Waals surface area contributed by atoms with Gasteiger partial charge in [-0.05, 0) is 38.6 Å². The van der Waals surface area contributed by atoms with Crippen LogP contribution in [0, 0.1) is 0 Å². The van der Waals surface area contributed by atoms with Crippen LogP contribution in [0.25, 0.3) is 0 Å². The smallest absolute Gasteiger partial charge is 0.117 e. The fourth-order valence-corrected chi connectivity index (χ4v) is 4.03. The quantitative estimate of drug-likeness (QED) is 0.778. The molecule has 1 spiro atoms. The number of aliphatic imine (C=N–C) groups is 1. The van der Waals surface area contributed by atoms with Crippen molar-refractivity contribution >= 4 is 18.2 Å². The third kappa shape index (κ3) is 3.67. The molecular formula is C16H30ClN3. The summed E-state index contributed by atoms with van der Waals surface area (Å²) in [5, 5.41) is 7.69. The molecule has 0 aromatic heterocycles. The Kier molecular flexibility index (Phi) is 6.16. The van der Waals surface area contributed by atoms with Crippen molar-refractivity contribution in [3.05, 3.63) is 0 Å². The minimum atomic E-state index is 0. The summed E-state index contributed by atoms with van der Waals surface area (Å²) < 4.78 is 0. The molecule has 20 heavy (non-hydrogen) atoms. The Bertz CT molecular complexity index is 318. The molecule has 4 heteroatoms. The van der Waals surface area contributed by atoms with Gasteiger partial charge in [0, 0.05) is 12.6 Å². The monoisotopic (exact) mass is 299 g/mol. The van der Waals surface area contributed by atoms with Gasteiger partial charge in [0.25, 0.3) is 0 Å². The lowest BCUT2D eigenvalue weighted by molar-refractivity contribution is 0.302. The molecule has 1 heterocycles. The maximum absolute atomic E-state index is 4.94. The van der Waals surface area contributed by atoms with E-state index in [2.05, 4.69) is 10.6 Å². The Morgan fingerprint density at radius 2 is 1.65 bits per heavy atom. The van der Waals surface area contributed by atoms with Crippen molar-refractivity contribution in [2.45, 2.75) is 82.2 Å². The molecule has 2 fully saturated rings. The first-order valence-corrected chi connectivity index (χ1v) is 8.46. The highest BCUT2D eigenvalue weighted by Crippen LogP contribution is 2.31. The molecule has 0 bridgehead atoms. The van der Waals surface area contributed by atoms with Gasteiger partial charge in [-0.3, -0.25) is 4.99 Å². The second-order valence-corrected chi connectivity index (χ2v) is 6.63. The van der Waals surface area contributed by atoms with Crippen molar-refractivity contribution in [2.75, 3.05) is 13.1 Å². The molecule has 0 saturated heterocycles. The molecule has 0 atom stereocenters. The topological polar surface area (TPSA) is 36.4 Å². The highest BCUT2D eigenvalue weighted by Gasteiger charge is 2.38. The fraction of sp³-hybridized carbons (Fsp3) is 0.938. The Balaban J connectivity index is 0.00000147. The fourth-order valence-electron chi connectivity index (χ4n) is 4.03. The van der Waals surface area contributed by atoms with Gasteiger partial charge in [0.05, 0.1) is 5.54 Å². The zero-order valence-electron chi connectivity index (χ0n) is 12.6. The highest BCUT2D eigenvalue weighted by atomic mass is 35.5. The third-order valence-electron chi connectivity index (χ3n) is 5.17. The lowest BCUT2D eigenvalue weighted by Crippen LogP contribution is -2.59. The average molecular weight is 300 g/mol. The van der Waals surface area contributed by atoms with Gasteiger partial charge in [0.1, 0.15) is 5.84 Å². The molecule has 0 aromatic carbocycles. The molecule has 3 aliphatic rings. The summed E-state index contributed by atoms with van der Waals surface area (Å²) in [6, 6.07) is 0.686. The zero-order valence-corrected chi connectivity index (χ0v) is 13.4. The normalized spacial score (nSPS) is 27.3. The summed E-state index contributed by atoms with van der Waals surface area (Å²) in [5.41, 5.74) is 0.201. The Morgan fingerprint density at radius 3 is 2.40 bits per heavy atom. The SMILES string of the molecule is C1CCC(NC2=NCCCNC23CCCCC3)CC1.Cl. The van der Waals surface area contributed by atoms with Crippen LogP contribution in [-0.2, 0) is 0 Å². The van der Waals surface area contributed by atoms with E-state index < -0.39 is 0 Å². The number of amidine groups is 1. The maximum Gasteiger partial charge on any atom is 0.117 e. The molecule has 0 amide bonds. The molecule has 0 aromatic rings. The number of halogens is 1. The molecule has 0 radical (unpaired) electrons. The van der Waals surface area contributed by atoms with E-state index in [1.165, 1.54) is 76.5 Å². The standard InChI is InChI=1S/C16H29N3.ClH/c1-3-8-14(9-4-1)19-15-16(10-5-2-6-11-16)18-13-7-12-17-15;/h14,18H,1-13H2,(H,17,19);1H. The summed E-state index contributed by atoms with van der Waals surface area (Å²) in [5.74, 6) is 1.32. The number of nitrogens with zero attached hydrogens (tertiary/aromatic N) is 1. The van der Waals surface area contributed by atoms with E-state index in [0.29, 0.717) is 6.04 Å². The van der Waals surface area contributed by atoms with Crippen molar-refractivity contribution in [3.8, 4) is 0 Å². The first kappa shape index (κ1) is 16.1. The van der Waals surface area contributed by atoms with E-state index in [-0.39, 0.29) is 17.9 Å². The van der Waals surface area contributed by atoms with Gasteiger partial charge < -0.3 is 10.6 Å². The first-order valence-electron chi connectivity index (χ1n) is 8.46. The Labute approximate surface area is 129 Å². The Hall–Kier alpha value is -0.280. The lowest BCUT2D eigenvalue weighted by atomic mass is 9.80. The van der Waals surface area contributed by atoms with Crippen LogP contribution < -0.4 is 10.6 Å². The number of hydrogen-bond acceptors (Lipinski definition) is 3. The predicted octanol–water partition coefficient (Wildman–Crippen LogP) is 3.43. The van der Waals surface area contributed by atoms with Crippen LogP contribution >= 0.6 is 12.4 Å². The van der Waals surface area contributed by atoms with Crippen LogP contribution in [0.3, 0.4) is 0 Å². The minimum absolute atomic E-state index is 0. The van der Waals surface area contributed by atoms with Crippen molar-refractivity contribution in [1.29, 1.82) is 0 Å².